The molecule has 1 aliphatic rings. The highest BCUT2D eigenvalue weighted by atomic mass is 19.3. The van der Waals surface area contributed by atoms with Gasteiger partial charge in [-0.05, 0) is 17.7 Å². The zero-order valence-electron chi connectivity index (χ0n) is 17.1. The van der Waals surface area contributed by atoms with Crippen LogP contribution < -0.4 is 29.6 Å². The molecule has 2 aromatic carbocycles. The summed E-state index contributed by atoms with van der Waals surface area (Å²) in [5.74, 6) is 2.40. The summed E-state index contributed by atoms with van der Waals surface area (Å²) in [6.07, 6.45) is 0. The summed E-state index contributed by atoms with van der Waals surface area (Å²) < 4.78 is 46.2. The number of benzene rings is 2. The quantitative estimate of drug-likeness (QED) is 0.502. The van der Waals surface area contributed by atoms with E-state index < -0.39 is 6.61 Å². The van der Waals surface area contributed by atoms with Gasteiger partial charge in [-0.2, -0.15) is 8.78 Å². The van der Waals surface area contributed by atoms with Crippen LogP contribution in [0, 0.1) is 0 Å². The molecule has 1 atom stereocenters. The lowest BCUT2D eigenvalue weighted by molar-refractivity contribution is -0.0505. The Balaban J connectivity index is 1.63. The van der Waals surface area contributed by atoms with E-state index in [1.54, 1.807) is 20.2 Å². The van der Waals surface area contributed by atoms with E-state index in [-0.39, 0.29) is 25.0 Å². The molecule has 162 valence electrons. The highest BCUT2D eigenvalue weighted by molar-refractivity contribution is 5.79. The first kappa shape index (κ1) is 21.5. The second kappa shape index (κ2) is 10.00. The summed E-state index contributed by atoms with van der Waals surface area (Å²) in [5.41, 5.74) is 1.58. The second-order valence-corrected chi connectivity index (χ2v) is 6.64. The first-order chi connectivity index (χ1) is 14.5. The maximum absolute atomic E-state index is 12.8. The standard InChI is InChI=1S/C21H25F2N3O4/c1-13(15-6-4-5-7-16(15)27-3)10-25-21(24-2)26-11-14-8-18-19(29-12-28-18)9-17(14)30-20(22)23/h4-9,13,20H,10-12H2,1-3H3,(H2,24,25,26). The summed E-state index contributed by atoms with van der Waals surface area (Å²) in [5, 5.41) is 6.35. The number of para-hydroxylation sites is 1. The minimum Gasteiger partial charge on any atom is -0.496 e. The van der Waals surface area contributed by atoms with Crippen LogP contribution in [0.15, 0.2) is 41.4 Å². The number of nitrogens with zero attached hydrogens (tertiary/aromatic N) is 1. The van der Waals surface area contributed by atoms with Crippen LogP contribution in [0.2, 0.25) is 0 Å². The predicted molar refractivity (Wildman–Crippen MR) is 109 cm³/mol. The van der Waals surface area contributed by atoms with Crippen molar-refractivity contribution in [3.8, 4) is 23.0 Å². The van der Waals surface area contributed by atoms with E-state index in [0.717, 1.165) is 11.3 Å². The fourth-order valence-corrected chi connectivity index (χ4v) is 3.14. The first-order valence-corrected chi connectivity index (χ1v) is 9.46. The van der Waals surface area contributed by atoms with Crippen molar-refractivity contribution in [1.82, 2.24) is 10.6 Å². The van der Waals surface area contributed by atoms with Crippen molar-refractivity contribution in [3.05, 3.63) is 47.5 Å². The molecule has 0 radical (unpaired) electrons. The van der Waals surface area contributed by atoms with Crippen LogP contribution >= 0.6 is 0 Å². The topological polar surface area (TPSA) is 73.3 Å². The number of nitrogens with one attached hydrogen (secondary N) is 2. The van der Waals surface area contributed by atoms with Crippen molar-refractivity contribution in [1.29, 1.82) is 0 Å². The van der Waals surface area contributed by atoms with Gasteiger partial charge < -0.3 is 29.6 Å². The Morgan fingerprint density at radius 2 is 1.87 bits per heavy atom. The monoisotopic (exact) mass is 421 g/mol. The molecule has 0 saturated carbocycles. The number of hydrogen-bond acceptors (Lipinski definition) is 5. The third-order valence-electron chi connectivity index (χ3n) is 4.69. The molecule has 0 bridgehead atoms. The minimum absolute atomic E-state index is 0.0274. The van der Waals surface area contributed by atoms with E-state index in [1.165, 1.54) is 6.07 Å². The highest BCUT2D eigenvalue weighted by Gasteiger charge is 2.20. The smallest absolute Gasteiger partial charge is 0.387 e. The summed E-state index contributed by atoms with van der Waals surface area (Å²) in [4.78, 5) is 4.19. The van der Waals surface area contributed by atoms with Gasteiger partial charge in [0.25, 0.3) is 0 Å². The van der Waals surface area contributed by atoms with Crippen molar-refractivity contribution in [2.45, 2.75) is 26.0 Å². The Morgan fingerprint density at radius 3 is 2.57 bits per heavy atom. The molecule has 0 fully saturated rings. The molecule has 0 saturated heterocycles. The zero-order chi connectivity index (χ0) is 21.5. The lowest BCUT2D eigenvalue weighted by Gasteiger charge is -2.19. The van der Waals surface area contributed by atoms with Gasteiger partial charge in [-0.1, -0.05) is 25.1 Å². The lowest BCUT2D eigenvalue weighted by Crippen LogP contribution is -2.38. The number of methoxy groups -OCH3 is 1. The molecule has 9 heteroatoms. The summed E-state index contributed by atoms with van der Waals surface area (Å²) in [6, 6.07) is 10.9. The molecule has 7 nitrogen and oxygen atoms in total. The molecule has 2 aromatic rings. The molecule has 1 aliphatic heterocycles. The zero-order valence-corrected chi connectivity index (χ0v) is 17.1. The van der Waals surface area contributed by atoms with Crippen LogP contribution in [-0.2, 0) is 6.54 Å². The van der Waals surface area contributed by atoms with Gasteiger partial charge in [-0.15, -0.1) is 0 Å². The van der Waals surface area contributed by atoms with E-state index in [1.807, 2.05) is 24.3 Å². The minimum atomic E-state index is -2.94. The van der Waals surface area contributed by atoms with E-state index in [9.17, 15) is 8.78 Å². The summed E-state index contributed by atoms with van der Waals surface area (Å²) in [7, 11) is 3.28. The second-order valence-electron chi connectivity index (χ2n) is 6.64. The number of aliphatic imine (C=N–C) groups is 1. The van der Waals surface area contributed by atoms with Gasteiger partial charge in [0.1, 0.15) is 11.5 Å². The Hall–Kier alpha value is -3.23. The average Bonchev–Trinajstić information content (AvgIpc) is 3.20. The predicted octanol–water partition coefficient (Wildman–Crippen LogP) is 3.49. The van der Waals surface area contributed by atoms with Gasteiger partial charge in [0.2, 0.25) is 6.79 Å². The van der Waals surface area contributed by atoms with E-state index in [4.69, 9.17) is 14.2 Å². The Labute approximate surface area is 174 Å². The van der Waals surface area contributed by atoms with Gasteiger partial charge in [0.15, 0.2) is 17.5 Å². The Morgan fingerprint density at radius 1 is 1.13 bits per heavy atom. The number of ether oxygens (including phenoxy) is 4. The summed E-state index contributed by atoms with van der Waals surface area (Å²) in [6.45, 7) is -0.0129. The Kier molecular flexibility index (Phi) is 7.16. The molecule has 1 unspecified atom stereocenters. The van der Waals surface area contributed by atoms with Gasteiger partial charge in [-0.25, -0.2) is 0 Å². The van der Waals surface area contributed by atoms with Crippen molar-refractivity contribution in [2.24, 2.45) is 4.99 Å². The van der Waals surface area contributed by atoms with Crippen LogP contribution in [0.1, 0.15) is 24.0 Å². The SMILES string of the molecule is CN=C(NCc1cc2c(cc1OC(F)F)OCO2)NCC(C)c1ccccc1OC. The third-order valence-corrected chi connectivity index (χ3v) is 4.69. The van der Waals surface area contributed by atoms with Crippen molar-refractivity contribution in [2.75, 3.05) is 27.5 Å². The molecule has 2 N–H and O–H groups in total. The maximum atomic E-state index is 12.8. The van der Waals surface area contributed by atoms with Crippen molar-refractivity contribution >= 4 is 5.96 Å². The summed E-state index contributed by atoms with van der Waals surface area (Å²) >= 11 is 0. The molecule has 0 spiro atoms. The van der Waals surface area contributed by atoms with E-state index in [2.05, 4.69) is 27.3 Å². The van der Waals surface area contributed by atoms with Gasteiger partial charge >= 0.3 is 6.61 Å². The van der Waals surface area contributed by atoms with Crippen LogP contribution in [-0.4, -0.2) is 40.1 Å². The molecule has 30 heavy (non-hydrogen) atoms. The van der Waals surface area contributed by atoms with E-state index in [0.29, 0.717) is 29.6 Å². The molecule has 0 aliphatic carbocycles. The largest absolute Gasteiger partial charge is 0.496 e. The molecule has 3 rings (SSSR count). The van der Waals surface area contributed by atoms with Crippen LogP contribution in [0.3, 0.4) is 0 Å². The number of fused-ring (bicyclic) bond motifs is 1. The fourth-order valence-electron chi connectivity index (χ4n) is 3.14. The van der Waals surface area contributed by atoms with Crippen LogP contribution in [0.4, 0.5) is 8.78 Å². The van der Waals surface area contributed by atoms with Crippen molar-refractivity contribution < 1.29 is 27.7 Å². The number of alkyl halides is 2. The third kappa shape index (κ3) is 5.22. The molecular formula is C21H25F2N3O4. The molecule has 1 heterocycles. The molecular weight excluding hydrogens is 396 g/mol. The van der Waals surface area contributed by atoms with Gasteiger partial charge in [0.05, 0.1) is 7.11 Å². The molecule has 0 amide bonds. The number of guanidine groups is 1. The molecule has 0 aromatic heterocycles. The number of halogens is 2. The van der Waals surface area contributed by atoms with E-state index >= 15 is 0 Å². The first-order valence-electron chi connectivity index (χ1n) is 9.46. The number of hydrogen-bond donors (Lipinski definition) is 2. The highest BCUT2D eigenvalue weighted by Crippen LogP contribution is 2.38. The number of rotatable bonds is 8. The Bertz CT molecular complexity index is 893. The van der Waals surface area contributed by atoms with Gasteiger partial charge in [0, 0.05) is 37.7 Å². The lowest BCUT2D eigenvalue weighted by atomic mass is 10.0. The normalized spacial score (nSPS) is 13.9. The maximum Gasteiger partial charge on any atom is 0.387 e. The van der Waals surface area contributed by atoms with Crippen molar-refractivity contribution in [3.63, 3.8) is 0 Å². The fraction of sp³-hybridized carbons (Fsp3) is 0.381. The van der Waals surface area contributed by atoms with Gasteiger partial charge in [-0.3, -0.25) is 4.99 Å². The van der Waals surface area contributed by atoms with Crippen LogP contribution in [0.25, 0.3) is 0 Å². The van der Waals surface area contributed by atoms with Crippen LogP contribution in [0.5, 0.6) is 23.0 Å². The average molecular weight is 421 g/mol.